The third-order valence-electron chi connectivity index (χ3n) is 14.9. The number of hydrogen-bond acceptors (Lipinski definition) is 8. The predicted molar refractivity (Wildman–Crippen MR) is 305 cm³/mol. The second-order valence-corrected chi connectivity index (χ2v) is 21.6. The number of esters is 2. The van der Waals surface area contributed by atoms with E-state index in [0.29, 0.717) is 35.8 Å². The van der Waals surface area contributed by atoms with Crippen LogP contribution in [-0.2, 0) is 19.1 Å². The molecule has 0 bridgehead atoms. The van der Waals surface area contributed by atoms with Crippen LogP contribution in [0.4, 0.5) is 0 Å². The van der Waals surface area contributed by atoms with E-state index >= 15 is 0 Å². The number of hydrogen-bond donors (Lipinski definition) is 1. The maximum Gasteiger partial charge on any atom is 0.330 e. The van der Waals surface area contributed by atoms with Gasteiger partial charge in [0, 0.05) is 18.1 Å². The molecule has 0 aliphatic carbocycles. The Hall–Kier alpha value is -3.68. The monoisotopic (exact) mass is 1020 g/mol. The predicted octanol–water partition coefficient (Wildman–Crippen LogP) is 19.8. The highest BCUT2D eigenvalue weighted by Crippen LogP contribution is 2.42. The number of aromatic hydroxyl groups is 1. The molecule has 2 aromatic rings. The minimum atomic E-state index is -0.646. The molecule has 1 heterocycles. The molecule has 416 valence electrons. The highest BCUT2D eigenvalue weighted by Gasteiger charge is 2.35. The van der Waals surface area contributed by atoms with Gasteiger partial charge in [-0.2, -0.15) is 0 Å². The van der Waals surface area contributed by atoms with E-state index in [1.165, 1.54) is 244 Å². The Morgan fingerprint density at radius 1 is 0.493 bits per heavy atom. The molecule has 0 radical (unpaired) electrons. The number of phenolic OH excluding ortho intramolecular Hbond substituents is 1. The number of rotatable bonds is 49. The topological polar surface area (TPSA) is 101 Å². The number of benzene rings is 2. The zero-order valence-corrected chi connectivity index (χ0v) is 47.2. The zero-order valence-electron chi connectivity index (χ0n) is 47.2. The number of unbranched alkanes of at least 4 members (excludes halogenated alkanes) is 39. The number of fused-ring (bicyclic) bond motifs is 1. The molecule has 73 heavy (non-hydrogen) atoms. The zero-order chi connectivity index (χ0) is 52.1. The van der Waals surface area contributed by atoms with E-state index in [-0.39, 0.29) is 24.3 Å². The minimum absolute atomic E-state index is 0.0123. The van der Waals surface area contributed by atoms with E-state index in [0.717, 1.165) is 37.7 Å². The summed E-state index contributed by atoms with van der Waals surface area (Å²) in [5, 5.41) is 10.3. The van der Waals surface area contributed by atoms with E-state index in [9.17, 15) is 14.7 Å². The Morgan fingerprint density at radius 2 is 0.918 bits per heavy atom. The summed E-state index contributed by atoms with van der Waals surface area (Å²) in [6.07, 6.45) is 56.8. The lowest BCUT2D eigenvalue weighted by Crippen LogP contribution is -2.37. The Balaban J connectivity index is 1.24. The molecule has 8 heteroatoms. The molecule has 0 spiro atoms. The van der Waals surface area contributed by atoms with Crippen LogP contribution in [0.25, 0.3) is 6.08 Å². The lowest BCUT2D eigenvalue weighted by Gasteiger charge is -2.34. The molecule has 1 aliphatic heterocycles. The lowest BCUT2D eigenvalue weighted by atomic mass is 10.0. The summed E-state index contributed by atoms with van der Waals surface area (Å²) in [5.74, 6) is 0.733. The average molecular weight is 1020 g/mol. The first-order valence-corrected chi connectivity index (χ1v) is 30.8. The van der Waals surface area contributed by atoms with Gasteiger partial charge in [-0.25, -0.2) is 4.79 Å². The molecule has 0 fully saturated rings. The summed E-state index contributed by atoms with van der Waals surface area (Å²) in [6.45, 7) is 5.01. The fourth-order valence-electron chi connectivity index (χ4n) is 10.2. The molecule has 0 saturated heterocycles. The van der Waals surface area contributed by atoms with E-state index in [4.69, 9.17) is 23.7 Å². The van der Waals surface area contributed by atoms with Crippen LogP contribution < -0.4 is 14.2 Å². The minimum Gasteiger partial charge on any atom is -0.504 e. The van der Waals surface area contributed by atoms with E-state index in [2.05, 4.69) is 13.8 Å². The van der Waals surface area contributed by atoms with Crippen molar-refractivity contribution in [2.24, 2.45) is 0 Å². The van der Waals surface area contributed by atoms with Gasteiger partial charge in [-0.1, -0.05) is 276 Å². The second-order valence-electron chi connectivity index (χ2n) is 21.6. The Bertz CT molecular complexity index is 1670. The van der Waals surface area contributed by atoms with Crippen molar-refractivity contribution >= 4 is 18.0 Å². The molecular formula is C65H108O8. The van der Waals surface area contributed by atoms with Crippen LogP contribution in [0.1, 0.15) is 301 Å². The first-order chi connectivity index (χ1) is 35.9. The number of phenols is 1. The van der Waals surface area contributed by atoms with Gasteiger partial charge in [0.2, 0.25) is 0 Å². The summed E-state index contributed by atoms with van der Waals surface area (Å²) >= 11 is 0. The summed E-state index contributed by atoms with van der Waals surface area (Å²) < 4.78 is 29.6. The van der Waals surface area contributed by atoms with Crippen LogP contribution in [0.5, 0.6) is 23.0 Å². The third-order valence-corrected chi connectivity index (χ3v) is 14.9. The maximum atomic E-state index is 12.9. The van der Waals surface area contributed by atoms with Crippen molar-refractivity contribution in [3.05, 3.63) is 53.6 Å². The number of ether oxygens (including phenoxy) is 5. The molecule has 2 aromatic carbocycles. The van der Waals surface area contributed by atoms with Gasteiger partial charge in [0.25, 0.3) is 0 Å². The molecule has 8 nitrogen and oxygen atoms in total. The standard InChI is InChI=1S/C65H108O8/c1-4-6-8-10-12-14-16-18-20-22-24-26-27-29-31-33-35-37-39-41-43-45-63(67)71-55-62-65(57-48-49-58(66)60(54-57)69-3)73-61-53-56(46-50-59(61)72-62)47-51-64(68)70-52-44-42-40-38-36-34-32-30-28-25-23-21-19-17-15-13-11-9-7-5-2/h46-51,53-54,62,65-66H,4-45,52,55H2,1-3H3/b51-47+/t62-,65-/m0/s1. The first-order valence-electron chi connectivity index (χ1n) is 30.8. The van der Waals surface area contributed by atoms with Crippen LogP contribution in [0.3, 0.4) is 0 Å². The van der Waals surface area contributed by atoms with Crippen molar-refractivity contribution in [2.45, 2.75) is 296 Å². The molecule has 2 atom stereocenters. The number of carbonyl (C=O) groups is 2. The van der Waals surface area contributed by atoms with Gasteiger partial charge in [0.15, 0.2) is 35.2 Å². The van der Waals surface area contributed by atoms with Gasteiger partial charge in [-0.15, -0.1) is 0 Å². The fourth-order valence-corrected chi connectivity index (χ4v) is 10.2. The van der Waals surface area contributed by atoms with Crippen molar-refractivity contribution in [2.75, 3.05) is 20.3 Å². The Labute approximate surface area is 447 Å². The van der Waals surface area contributed by atoms with Crippen molar-refractivity contribution in [1.82, 2.24) is 0 Å². The molecule has 0 unspecified atom stereocenters. The van der Waals surface area contributed by atoms with Gasteiger partial charge in [-0.05, 0) is 48.7 Å². The van der Waals surface area contributed by atoms with Crippen LogP contribution in [-0.4, -0.2) is 43.5 Å². The maximum absolute atomic E-state index is 12.9. The number of methoxy groups -OCH3 is 1. The van der Waals surface area contributed by atoms with Crippen LogP contribution >= 0.6 is 0 Å². The van der Waals surface area contributed by atoms with Gasteiger partial charge in [0.05, 0.1) is 13.7 Å². The molecule has 1 aliphatic rings. The van der Waals surface area contributed by atoms with Gasteiger partial charge in [-0.3, -0.25) is 4.79 Å². The SMILES string of the molecule is CCCCCCCCCCCCCCCCCCCCCCCC(=O)OC[C@@H]1Oc2ccc(/C=C/C(=O)OCCCCCCCCCCCCCCCCCCCCCC)cc2O[C@H]1c1ccc(O)c(OC)c1. The first kappa shape index (κ1) is 63.6. The van der Waals surface area contributed by atoms with Crippen molar-refractivity contribution < 1.29 is 38.4 Å². The Morgan fingerprint density at radius 3 is 1.36 bits per heavy atom. The van der Waals surface area contributed by atoms with Crippen molar-refractivity contribution in [3.8, 4) is 23.0 Å². The molecular weight excluding hydrogens is 909 g/mol. The van der Waals surface area contributed by atoms with Crippen molar-refractivity contribution in [1.29, 1.82) is 0 Å². The molecule has 3 rings (SSSR count). The van der Waals surface area contributed by atoms with Gasteiger partial charge in [0.1, 0.15) is 6.61 Å². The normalized spacial score (nSPS) is 14.2. The van der Waals surface area contributed by atoms with E-state index < -0.39 is 12.2 Å². The molecule has 1 N–H and O–H groups in total. The van der Waals surface area contributed by atoms with Crippen LogP contribution in [0, 0.1) is 0 Å². The summed E-state index contributed by atoms with van der Waals surface area (Å²) in [5.41, 5.74) is 1.47. The highest BCUT2D eigenvalue weighted by molar-refractivity contribution is 5.87. The summed E-state index contributed by atoms with van der Waals surface area (Å²) in [4.78, 5) is 25.5. The van der Waals surface area contributed by atoms with Crippen LogP contribution in [0.15, 0.2) is 42.5 Å². The molecule has 0 saturated carbocycles. The Kier molecular flexibility index (Phi) is 38.9. The van der Waals surface area contributed by atoms with E-state index in [1.807, 2.05) is 18.2 Å². The molecule has 0 aromatic heterocycles. The third kappa shape index (κ3) is 32.4. The van der Waals surface area contributed by atoms with Crippen LogP contribution in [0.2, 0.25) is 0 Å². The highest BCUT2D eigenvalue weighted by atomic mass is 16.6. The molecule has 0 amide bonds. The largest absolute Gasteiger partial charge is 0.504 e. The summed E-state index contributed by atoms with van der Waals surface area (Å²) in [6, 6.07) is 10.5. The van der Waals surface area contributed by atoms with Gasteiger partial charge >= 0.3 is 11.9 Å². The number of carbonyl (C=O) groups excluding carboxylic acids is 2. The lowest BCUT2D eigenvalue weighted by molar-refractivity contribution is -0.148. The average Bonchev–Trinajstić information content (AvgIpc) is 3.40. The quantitative estimate of drug-likeness (QED) is 0.0397. The smallest absolute Gasteiger partial charge is 0.330 e. The van der Waals surface area contributed by atoms with E-state index in [1.54, 1.807) is 24.3 Å². The second kappa shape index (κ2) is 44.6. The van der Waals surface area contributed by atoms with Crippen molar-refractivity contribution in [3.63, 3.8) is 0 Å². The van der Waals surface area contributed by atoms with Gasteiger partial charge < -0.3 is 28.8 Å². The fraction of sp³-hybridized carbons (Fsp3) is 0.754. The summed E-state index contributed by atoms with van der Waals surface area (Å²) in [7, 11) is 1.50.